The summed E-state index contributed by atoms with van der Waals surface area (Å²) < 4.78 is 37.1. The van der Waals surface area contributed by atoms with Crippen molar-refractivity contribution < 1.29 is 32.2 Å². The van der Waals surface area contributed by atoms with E-state index in [4.69, 9.17) is 23.1 Å². The monoisotopic (exact) mass is 791 g/mol. The average molecular weight is 792 g/mol. The molecule has 0 spiro atoms. The molecule has 2 aromatic heterocycles. The first-order valence-corrected chi connectivity index (χ1v) is 20.9. The topological polar surface area (TPSA) is 158 Å². The van der Waals surface area contributed by atoms with Crippen LogP contribution in [0.2, 0.25) is 0 Å². The smallest absolute Gasteiger partial charge is 0.404 e. The summed E-state index contributed by atoms with van der Waals surface area (Å²) in [6.45, 7) is 3.59. The van der Waals surface area contributed by atoms with Crippen molar-refractivity contribution in [2.75, 3.05) is 0 Å². The number of hydrogen-bond donors (Lipinski definition) is 3. The third-order valence-corrected chi connectivity index (χ3v) is 10.8. The number of carbonyl (C=O) groups is 2. The Morgan fingerprint density at radius 3 is 2.09 bits per heavy atom. The highest BCUT2D eigenvalue weighted by atomic mass is 31.2. The first kappa shape index (κ1) is 41.1. The van der Waals surface area contributed by atoms with Gasteiger partial charge in [-0.1, -0.05) is 129 Å². The minimum Gasteiger partial charge on any atom is -0.404 e. The number of para-hydroxylation sites is 1. The van der Waals surface area contributed by atoms with Gasteiger partial charge in [0.2, 0.25) is 17.7 Å². The number of nitrogens with one attached hydrogen (secondary N) is 3. The van der Waals surface area contributed by atoms with E-state index in [2.05, 4.69) is 27.7 Å². The van der Waals surface area contributed by atoms with Crippen LogP contribution in [0.25, 0.3) is 10.9 Å². The normalized spacial score (nSPS) is 12.6. The van der Waals surface area contributed by atoms with Crippen molar-refractivity contribution in [1.29, 1.82) is 0 Å². The Bertz CT molecular complexity index is 2160. The fourth-order valence-electron chi connectivity index (χ4n) is 6.44. The fourth-order valence-corrected chi connectivity index (χ4v) is 7.62. The summed E-state index contributed by atoms with van der Waals surface area (Å²) in [5.41, 5.74) is 4.28. The Kier molecular flexibility index (Phi) is 14.8. The maximum atomic E-state index is 14.1. The number of benzene rings is 4. The minimum absolute atomic E-state index is 0.0176. The van der Waals surface area contributed by atoms with Gasteiger partial charge in [0.15, 0.2) is 5.82 Å². The molecule has 0 aliphatic rings. The highest BCUT2D eigenvalue weighted by molar-refractivity contribution is 7.48. The van der Waals surface area contributed by atoms with Crippen LogP contribution >= 0.6 is 7.82 Å². The molecule has 0 bridgehead atoms. The molecular formula is C44H50N5O7P. The van der Waals surface area contributed by atoms with Crippen LogP contribution in [-0.2, 0) is 55.7 Å². The summed E-state index contributed by atoms with van der Waals surface area (Å²) in [7, 11) is -4.09. The number of phosphoric acid groups is 1. The van der Waals surface area contributed by atoms with Crippen LogP contribution in [0.15, 0.2) is 120 Å². The molecule has 0 unspecified atom stereocenters. The van der Waals surface area contributed by atoms with Crippen molar-refractivity contribution in [2.24, 2.45) is 0 Å². The summed E-state index contributed by atoms with van der Waals surface area (Å²) in [6, 6.07) is 31.8. The number of unbranched alkanes of at least 4 members (excludes halogenated alkanes) is 4. The van der Waals surface area contributed by atoms with E-state index in [1.54, 1.807) is 24.3 Å². The molecule has 0 saturated carbocycles. The molecule has 6 aromatic rings. The zero-order valence-corrected chi connectivity index (χ0v) is 33.3. The van der Waals surface area contributed by atoms with E-state index in [0.29, 0.717) is 24.6 Å². The van der Waals surface area contributed by atoms with Crippen LogP contribution in [0.1, 0.15) is 86.0 Å². The summed E-state index contributed by atoms with van der Waals surface area (Å²) in [5.74, 6) is 0.371. The zero-order chi connectivity index (χ0) is 39.9. The summed E-state index contributed by atoms with van der Waals surface area (Å²) in [5, 5.41) is 11.2. The number of carbonyl (C=O) groups excluding carboxylic acids is 2. The number of aromatic amines is 1. The number of amides is 2. The maximum absolute atomic E-state index is 14.1. The predicted molar refractivity (Wildman–Crippen MR) is 218 cm³/mol. The lowest BCUT2D eigenvalue weighted by atomic mass is 10.0. The van der Waals surface area contributed by atoms with Gasteiger partial charge in [0.05, 0.1) is 13.2 Å². The van der Waals surface area contributed by atoms with Gasteiger partial charge in [-0.3, -0.25) is 18.6 Å². The Labute approximate surface area is 333 Å². The molecule has 0 aliphatic carbocycles. The van der Waals surface area contributed by atoms with Crippen molar-refractivity contribution in [3.05, 3.63) is 149 Å². The predicted octanol–water partition coefficient (Wildman–Crippen LogP) is 9.13. The quantitative estimate of drug-likeness (QED) is 0.0451. The molecule has 298 valence electrons. The molecule has 57 heavy (non-hydrogen) atoms. The van der Waals surface area contributed by atoms with Crippen LogP contribution in [0.3, 0.4) is 0 Å². The van der Waals surface area contributed by atoms with Crippen LogP contribution in [-0.4, -0.2) is 33.0 Å². The molecule has 0 saturated heterocycles. The molecule has 12 nitrogen and oxygen atoms in total. The third kappa shape index (κ3) is 12.5. The second-order valence-corrected chi connectivity index (χ2v) is 15.6. The van der Waals surface area contributed by atoms with Crippen LogP contribution in [0.5, 0.6) is 5.75 Å². The van der Waals surface area contributed by atoms with Gasteiger partial charge in [0, 0.05) is 43.3 Å². The average Bonchev–Trinajstić information content (AvgIpc) is 3.87. The SMILES string of the molecule is CCCCCCCc1noc([C@H](Cc2c[nH]c3ccccc23)NC(=O)[C@H](Cc2ccc(OP(=O)(OCc3ccccc3)OCc3ccccc3)cc2)NC(C)=O)n1. The van der Waals surface area contributed by atoms with Crippen LogP contribution in [0.4, 0.5) is 0 Å². The number of fused-ring (bicyclic) bond motifs is 1. The van der Waals surface area contributed by atoms with Crippen molar-refractivity contribution in [3.8, 4) is 5.75 Å². The molecular weight excluding hydrogens is 741 g/mol. The molecule has 0 fully saturated rings. The Balaban J connectivity index is 1.15. The van der Waals surface area contributed by atoms with E-state index in [9.17, 15) is 14.2 Å². The number of rotatable bonds is 22. The Hall–Kier alpha value is -5.55. The molecule has 6 rings (SSSR count). The Morgan fingerprint density at radius 2 is 1.42 bits per heavy atom. The van der Waals surface area contributed by atoms with Crippen molar-refractivity contribution in [1.82, 2.24) is 25.8 Å². The summed E-state index contributed by atoms with van der Waals surface area (Å²) in [6.07, 6.45) is 8.70. The lowest BCUT2D eigenvalue weighted by molar-refractivity contribution is -0.128. The highest BCUT2D eigenvalue weighted by Crippen LogP contribution is 2.51. The molecule has 0 radical (unpaired) electrons. The van der Waals surface area contributed by atoms with Gasteiger partial charge in [-0.15, -0.1) is 0 Å². The van der Waals surface area contributed by atoms with Crippen LogP contribution < -0.4 is 15.2 Å². The lowest BCUT2D eigenvalue weighted by Crippen LogP contribution is -2.48. The van der Waals surface area contributed by atoms with Crippen molar-refractivity contribution in [2.45, 2.75) is 90.5 Å². The molecule has 4 aromatic carbocycles. The number of H-pyrrole nitrogens is 1. The summed E-state index contributed by atoms with van der Waals surface area (Å²) in [4.78, 5) is 34.4. The summed E-state index contributed by atoms with van der Waals surface area (Å²) >= 11 is 0. The number of hydrogen-bond acceptors (Lipinski definition) is 9. The first-order valence-electron chi connectivity index (χ1n) is 19.5. The molecule has 13 heteroatoms. The second kappa shape index (κ2) is 20.6. The number of aryl methyl sites for hydroxylation is 1. The van der Waals surface area contributed by atoms with E-state index in [0.717, 1.165) is 52.4 Å². The van der Waals surface area contributed by atoms with Gasteiger partial charge in [-0.25, -0.2) is 4.57 Å². The molecule has 2 amide bonds. The number of aromatic nitrogens is 3. The van der Waals surface area contributed by atoms with E-state index < -0.39 is 25.8 Å². The molecule has 2 atom stereocenters. The largest absolute Gasteiger partial charge is 0.530 e. The minimum atomic E-state index is -4.09. The van der Waals surface area contributed by atoms with E-state index >= 15 is 0 Å². The standard InChI is InChI=1S/C44H50N5O7P/c1-3-4-5-6-13-22-42-48-44(55-49-42)41(28-36-29-45-39-21-15-14-20-38(36)39)47-43(51)40(46-32(2)50)27-33-23-25-37(26-24-33)56-57(52,53-30-34-16-9-7-10-17-34)54-31-35-18-11-8-12-19-35/h7-12,14-21,23-26,29,40-41,45H,3-6,13,22,27-28,30-31H2,1-2H3,(H,46,50)(H,47,51)/t40-,41-/m0/s1. The van der Waals surface area contributed by atoms with E-state index in [1.807, 2.05) is 91.1 Å². The van der Waals surface area contributed by atoms with Gasteiger partial charge < -0.3 is 24.7 Å². The fraction of sp³-hybridized carbons (Fsp3) is 0.318. The lowest BCUT2D eigenvalue weighted by Gasteiger charge is -2.22. The maximum Gasteiger partial charge on any atom is 0.530 e. The molecule has 2 heterocycles. The number of phosphoric ester groups is 1. The third-order valence-electron chi connectivity index (χ3n) is 9.44. The van der Waals surface area contributed by atoms with E-state index in [-0.39, 0.29) is 31.3 Å². The Morgan fingerprint density at radius 1 is 0.772 bits per heavy atom. The molecule has 3 N–H and O–H groups in total. The van der Waals surface area contributed by atoms with Crippen LogP contribution in [0, 0.1) is 0 Å². The van der Waals surface area contributed by atoms with E-state index in [1.165, 1.54) is 19.8 Å². The van der Waals surface area contributed by atoms with Gasteiger partial charge in [0.1, 0.15) is 17.8 Å². The van der Waals surface area contributed by atoms with Gasteiger partial charge in [0.25, 0.3) is 0 Å². The van der Waals surface area contributed by atoms with Crippen molar-refractivity contribution >= 4 is 30.5 Å². The number of nitrogens with zero attached hydrogens (tertiary/aromatic N) is 2. The van der Waals surface area contributed by atoms with Crippen molar-refractivity contribution in [3.63, 3.8) is 0 Å². The van der Waals surface area contributed by atoms with Gasteiger partial charge in [-0.05, 0) is 46.9 Å². The van der Waals surface area contributed by atoms with Gasteiger partial charge in [-0.2, -0.15) is 4.98 Å². The highest BCUT2D eigenvalue weighted by Gasteiger charge is 2.30. The first-order chi connectivity index (χ1) is 27.8. The second-order valence-electron chi connectivity index (χ2n) is 14.0. The zero-order valence-electron chi connectivity index (χ0n) is 32.4. The van der Waals surface area contributed by atoms with Gasteiger partial charge >= 0.3 is 7.82 Å². The molecule has 0 aliphatic heterocycles.